The molecule has 1 aromatic carbocycles. The van der Waals surface area contributed by atoms with Gasteiger partial charge < -0.3 is 4.74 Å². The summed E-state index contributed by atoms with van der Waals surface area (Å²) < 4.78 is 30.2. The molecule has 1 aromatic heterocycles. The Bertz CT molecular complexity index is 788. The van der Waals surface area contributed by atoms with Gasteiger partial charge in [0, 0.05) is 15.2 Å². The molecule has 112 valence electrons. The number of rotatable bonds is 4. The van der Waals surface area contributed by atoms with Crippen molar-refractivity contribution in [3.05, 3.63) is 40.5 Å². The van der Waals surface area contributed by atoms with Crippen molar-refractivity contribution in [3.8, 4) is 5.69 Å². The highest BCUT2D eigenvalue weighted by Gasteiger charge is 2.28. The second-order valence-electron chi connectivity index (χ2n) is 3.91. The van der Waals surface area contributed by atoms with E-state index < -0.39 is 20.0 Å². The molecule has 0 saturated heterocycles. The molecule has 0 N–H and O–H groups in total. The normalized spacial score (nSPS) is 11.4. The molecule has 0 saturated carbocycles. The van der Waals surface area contributed by atoms with Gasteiger partial charge in [-0.15, -0.1) is 0 Å². The van der Waals surface area contributed by atoms with E-state index >= 15 is 0 Å². The van der Waals surface area contributed by atoms with E-state index in [0.29, 0.717) is 5.69 Å². The first-order chi connectivity index (χ1) is 9.84. The summed E-state index contributed by atoms with van der Waals surface area (Å²) >= 11 is 3.28. The van der Waals surface area contributed by atoms with Gasteiger partial charge in [0.15, 0.2) is 5.03 Å². The Balaban J connectivity index is 2.66. The highest BCUT2D eigenvalue weighted by atomic mass is 79.9. The van der Waals surface area contributed by atoms with Crippen LogP contribution in [0.4, 0.5) is 0 Å². The van der Waals surface area contributed by atoms with Gasteiger partial charge in [0.05, 0.1) is 18.5 Å². The molecule has 0 amide bonds. The van der Waals surface area contributed by atoms with Crippen LogP contribution in [0, 0.1) is 0 Å². The molecule has 0 atom stereocenters. The van der Waals surface area contributed by atoms with E-state index in [4.69, 9.17) is 15.4 Å². The molecule has 0 radical (unpaired) electrons. The lowest BCUT2D eigenvalue weighted by atomic mass is 10.3. The lowest BCUT2D eigenvalue weighted by Crippen LogP contribution is -2.11. The molecule has 6 nitrogen and oxygen atoms in total. The van der Waals surface area contributed by atoms with Gasteiger partial charge in [-0.2, -0.15) is 5.10 Å². The minimum absolute atomic E-state index is 0.114. The summed E-state index contributed by atoms with van der Waals surface area (Å²) in [5.74, 6) is -0.794. The molecule has 0 fully saturated rings. The molecule has 9 heteroatoms. The summed E-state index contributed by atoms with van der Waals surface area (Å²) in [4.78, 5) is 11.8. The molecule has 21 heavy (non-hydrogen) atoms. The van der Waals surface area contributed by atoms with Gasteiger partial charge in [-0.3, -0.25) is 0 Å². The third-order valence-corrected chi connectivity index (χ3v) is 4.29. The van der Waals surface area contributed by atoms with Gasteiger partial charge >= 0.3 is 5.97 Å². The molecule has 0 aliphatic rings. The van der Waals surface area contributed by atoms with Crippen molar-refractivity contribution in [3.63, 3.8) is 0 Å². The molecular weight excluding hydrogens is 384 g/mol. The zero-order valence-electron chi connectivity index (χ0n) is 10.8. The Morgan fingerprint density at radius 1 is 1.48 bits per heavy atom. The minimum atomic E-state index is -4.19. The largest absolute Gasteiger partial charge is 0.462 e. The number of carbonyl (C=O) groups is 1. The lowest BCUT2D eigenvalue weighted by molar-refractivity contribution is 0.0521. The summed E-state index contributed by atoms with van der Waals surface area (Å²) in [7, 11) is 1.25. The Labute approximate surface area is 134 Å². The van der Waals surface area contributed by atoms with Crippen LogP contribution in [0.15, 0.2) is 40.0 Å². The Kier molecular flexibility index (Phi) is 4.70. The molecule has 0 aliphatic carbocycles. The SMILES string of the molecule is CCOC(=O)c1cnn(-c2cccc(Br)c2)c1S(=O)(=O)Cl. The van der Waals surface area contributed by atoms with Crippen LogP contribution in [0.3, 0.4) is 0 Å². The van der Waals surface area contributed by atoms with Crippen molar-refractivity contribution in [1.29, 1.82) is 0 Å². The summed E-state index contributed by atoms with van der Waals surface area (Å²) in [6.45, 7) is 1.73. The van der Waals surface area contributed by atoms with Crippen molar-refractivity contribution in [2.24, 2.45) is 0 Å². The monoisotopic (exact) mass is 392 g/mol. The van der Waals surface area contributed by atoms with Crippen molar-refractivity contribution < 1.29 is 17.9 Å². The van der Waals surface area contributed by atoms with Gasteiger partial charge in [0.2, 0.25) is 0 Å². The van der Waals surface area contributed by atoms with E-state index in [1.54, 1.807) is 31.2 Å². The predicted octanol–water partition coefficient (Wildman–Crippen LogP) is 2.74. The van der Waals surface area contributed by atoms with E-state index in [1.807, 2.05) is 0 Å². The fraction of sp³-hybridized carbons (Fsp3) is 0.167. The van der Waals surface area contributed by atoms with Crippen LogP contribution in [0.25, 0.3) is 5.69 Å². The van der Waals surface area contributed by atoms with Gasteiger partial charge in [-0.1, -0.05) is 22.0 Å². The van der Waals surface area contributed by atoms with E-state index in [0.717, 1.165) is 15.4 Å². The number of hydrogen-bond donors (Lipinski definition) is 0. The van der Waals surface area contributed by atoms with Crippen LogP contribution < -0.4 is 0 Å². The first-order valence-corrected chi connectivity index (χ1v) is 8.90. The van der Waals surface area contributed by atoms with Crippen molar-refractivity contribution in [2.45, 2.75) is 11.9 Å². The molecule has 0 bridgehead atoms. The lowest BCUT2D eigenvalue weighted by Gasteiger charge is -2.07. The number of carbonyl (C=O) groups excluding carboxylic acids is 1. The number of nitrogens with zero attached hydrogens (tertiary/aromatic N) is 2. The van der Waals surface area contributed by atoms with Crippen molar-refractivity contribution in [1.82, 2.24) is 9.78 Å². The third kappa shape index (κ3) is 3.45. The highest BCUT2D eigenvalue weighted by Crippen LogP contribution is 2.25. The Morgan fingerprint density at radius 2 is 2.19 bits per heavy atom. The van der Waals surface area contributed by atoms with Crippen LogP contribution in [0.5, 0.6) is 0 Å². The second kappa shape index (κ2) is 6.17. The van der Waals surface area contributed by atoms with Gasteiger partial charge in [0.25, 0.3) is 9.05 Å². The summed E-state index contributed by atoms with van der Waals surface area (Å²) in [5.41, 5.74) is 0.242. The number of hydrogen-bond acceptors (Lipinski definition) is 5. The molecule has 0 spiro atoms. The van der Waals surface area contributed by atoms with Crippen LogP contribution in [-0.2, 0) is 13.8 Å². The summed E-state index contributed by atoms with van der Waals surface area (Å²) in [5, 5.41) is 3.51. The molecule has 1 heterocycles. The highest BCUT2D eigenvalue weighted by molar-refractivity contribution is 9.10. The van der Waals surface area contributed by atoms with Gasteiger partial charge in [0.1, 0.15) is 5.56 Å². The van der Waals surface area contributed by atoms with Crippen LogP contribution >= 0.6 is 26.6 Å². The maximum Gasteiger partial charge on any atom is 0.342 e. The van der Waals surface area contributed by atoms with Gasteiger partial charge in [-0.25, -0.2) is 17.9 Å². The number of halogens is 2. The van der Waals surface area contributed by atoms with Crippen LogP contribution in [0.2, 0.25) is 0 Å². The van der Waals surface area contributed by atoms with E-state index in [2.05, 4.69) is 21.0 Å². The zero-order chi connectivity index (χ0) is 15.6. The van der Waals surface area contributed by atoms with Crippen molar-refractivity contribution in [2.75, 3.05) is 6.61 Å². The average Bonchev–Trinajstić information content (AvgIpc) is 2.83. The smallest absolute Gasteiger partial charge is 0.342 e. The Hall–Kier alpha value is -1.38. The number of esters is 1. The number of aromatic nitrogens is 2. The van der Waals surface area contributed by atoms with E-state index in [1.165, 1.54) is 0 Å². The molecule has 0 unspecified atom stereocenters. The van der Waals surface area contributed by atoms with Crippen molar-refractivity contribution >= 4 is 41.6 Å². The summed E-state index contributed by atoms with van der Waals surface area (Å²) in [6.07, 6.45) is 1.12. The third-order valence-electron chi connectivity index (χ3n) is 2.50. The quantitative estimate of drug-likeness (QED) is 0.589. The predicted molar refractivity (Wildman–Crippen MR) is 80.3 cm³/mol. The second-order valence-corrected chi connectivity index (χ2v) is 7.31. The Morgan fingerprint density at radius 3 is 2.76 bits per heavy atom. The molecule has 0 aliphatic heterocycles. The maximum atomic E-state index is 11.8. The molecule has 2 aromatic rings. The van der Waals surface area contributed by atoms with Crippen LogP contribution in [-0.4, -0.2) is 30.8 Å². The molecule has 2 rings (SSSR count). The van der Waals surface area contributed by atoms with E-state index in [9.17, 15) is 13.2 Å². The minimum Gasteiger partial charge on any atom is -0.462 e. The average molecular weight is 394 g/mol. The maximum absolute atomic E-state index is 11.8. The molecular formula is C12H10BrClN2O4S. The first-order valence-electron chi connectivity index (χ1n) is 5.80. The fourth-order valence-corrected chi connectivity index (χ4v) is 3.30. The first kappa shape index (κ1) is 16.0. The van der Waals surface area contributed by atoms with Gasteiger partial charge in [-0.05, 0) is 25.1 Å². The standard InChI is InChI=1S/C12H10BrClN2O4S/c1-2-20-12(17)10-7-15-16(11(10)21(14,18)19)9-5-3-4-8(13)6-9/h3-7H,2H2,1H3. The zero-order valence-corrected chi connectivity index (χ0v) is 13.9. The van der Waals surface area contributed by atoms with Crippen LogP contribution in [0.1, 0.15) is 17.3 Å². The number of ether oxygens (including phenoxy) is 1. The number of benzene rings is 1. The fourth-order valence-electron chi connectivity index (χ4n) is 1.71. The van der Waals surface area contributed by atoms with E-state index in [-0.39, 0.29) is 12.2 Å². The summed E-state index contributed by atoms with van der Waals surface area (Å²) in [6, 6.07) is 6.76. The topological polar surface area (TPSA) is 78.3 Å².